The molecule has 112 valence electrons. The average Bonchev–Trinajstić information content (AvgIpc) is 2.44. The summed E-state index contributed by atoms with van der Waals surface area (Å²) in [6.07, 6.45) is 4.70. The molecule has 1 unspecified atom stereocenters. The molecule has 1 fully saturated rings. The highest BCUT2D eigenvalue weighted by atomic mass is 16.3. The first-order valence-corrected chi connectivity index (χ1v) is 6.97. The zero-order valence-corrected chi connectivity index (χ0v) is 12.1. The van der Waals surface area contributed by atoms with Crippen molar-refractivity contribution in [1.29, 1.82) is 0 Å². The number of primary amides is 1. The van der Waals surface area contributed by atoms with Crippen LogP contribution in [0, 0.1) is 0 Å². The molecule has 5 nitrogen and oxygen atoms in total. The fourth-order valence-corrected chi connectivity index (χ4v) is 2.44. The van der Waals surface area contributed by atoms with E-state index in [-0.39, 0.29) is 5.91 Å². The molecule has 0 radical (unpaired) electrons. The number of hydrogen-bond donors (Lipinski definition) is 2. The summed E-state index contributed by atoms with van der Waals surface area (Å²) in [5.41, 5.74) is 5.62. The van der Waals surface area contributed by atoms with E-state index in [0.29, 0.717) is 18.7 Å². The summed E-state index contributed by atoms with van der Waals surface area (Å²) in [4.78, 5) is 24.7. The summed E-state index contributed by atoms with van der Waals surface area (Å²) in [6, 6.07) is 6.71. The number of carbonyl (C=O) groups excluding carboxylic acids is 2. The van der Waals surface area contributed by atoms with Crippen molar-refractivity contribution in [1.82, 2.24) is 4.90 Å². The lowest BCUT2D eigenvalue weighted by molar-refractivity contribution is -0.132. The van der Waals surface area contributed by atoms with Crippen LogP contribution in [0.5, 0.6) is 0 Å². The third-order valence-corrected chi connectivity index (χ3v) is 3.60. The van der Waals surface area contributed by atoms with Crippen molar-refractivity contribution >= 4 is 17.9 Å². The van der Waals surface area contributed by atoms with Crippen molar-refractivity contribution < 1.29 is 14.7 Å². The predicted molar refractivity (Wildman–Crippen MR) is 80.4 cm³/mol. The maximum atomic E-state index is 12.1. The fraction of sp³-hybridized carbons (Fsp3) is 0.375. The van der Waals surface area contributed by atoms with Crippen LogP contribution in [-0.4, -0.2) is 40.5 Å². The van der Waals surface area contributed by atoms with E-state index in [1.54, 1.807) is 42.2 Å². The number of likely N-dealkylation sites (tertiary alicyclic amines) is 1. The third kappa shape index (κ3) is 4.16. The van der Waals surface area contributed by atoms with Gasteiger partial charge in [-0.1, -0.05) is 12.1 Å². The lowest BCUT2D eigenvalue weighted by Gasteiger charge is -2.36. The van der Waals surface area contributed by atoms with Crippen LogP contribution < -0.4 is 5.73 Å². The van der Waals surface area contributed by atoms with Crippen LogP contribution in [0.3, 0.4) is 0 Å². The zero-order valence-electron chi connectivity index (χ0n) is 12.1. The standard InChI is InChI=1S/C16H20N2O3/c1-16(21)9-2-10-18(11-16)14(19)8-5-12-3-6-13(7-4-12)15(17)20/h3-8,21H,2,9-11H2,1H3,(H2,17,20)/b8-5+. The summed E-state index contributed by atoms with van der Waals surface area (Å²) in [5, 5.41) is 10.00. The number of piperidine rings is 1. The highest BCUT2D eigenvalue weighted by Crippen LogP contribution is 2.20. The SMILES string of the molecule is CC1(O)CCCN(C(=O)/C=C/c2ccc(C(N)=O)cc2)C1. The third-order valence-electron chi connectivity index (χ3n) is 3.60. The van der Waals surface area contributed by atoms with Crippen LogP contribution in [0.25, 0.3) is 6.08 Å². The van der Waals surface area contributed by atoms with Crippen LogP contribution in [0.2, 0.25) is 0 Å². The number of hydrogen-bond acceptors (Lipinski definition) is 3. The molecule has 0 bridgehead atoms. The molecular formula is C16H20N2O3. The Hall–Kier alpha value is -2.14. The van der Waals surface area contributed by atoms with Gasteiger partial charge in [0, 0.05) is 24.7 Å². The second-order valence-corrected chi connectivity index (χ2v) is 5.68. The molecule has 1 aliphatic heterocycles. The molecule has 21 heavy (non-hydrogen) atoms. The second kappa shape index (κ2) is 6.10. The Labute approximate surface area is 124 Å². The average molecular weight is 288 g/mol. The maximum absolute atomic E-state index is 12.1. The molecule has 0 aromatic heterocycles. The largest absolute Gasteiger partial charge is 0.388 e. The molecule has 0 spiro atoms. The highest BCUT2D eigenvalue weighted by Gasteiger charge is 2.29. The first kappa shape index (κ1) is 15.3. The molecule has 0 aliphatic carbocycles. The number of carbonyl (C=O) groups is 2. The number of β-amino-alcohol motifs (C(OH)–C–C–N with tert-alkyl or cyclic N) is 1. The smallest absolute Gasteiger partial charge is 0.248 e. The van der Waals surface area contributed by atoms with E-state index >= 15 is 0 Å². The van der Waals surface area contributed by atoms with Crippen LogP contribution in [0.4, 0.5) is 0 Å². The molecule has 1 aliphatic rings. The van der Waals surface area contributed by atoms with E-state index in [0.717, 1.165) is 18.4 Å². The van der Waals surface area contributed by atoms with Gasteiger partial charge in [0.15, 0.2) is 0 Å². The monoisotopic (exact) mass is 288 g/mol. The summed E-state index contributed by atoms with van der Waals surface area (Å²) in [6.45, 7) is 2.77. The normalized spacial score (nSPS) is 22.5. The van der Waals surface area contributed by atoms with Crippen molar-refractivity contribution in [2.75, 3.05) is 13.1 Å². The minimum atomic E-state index is -0.801. The van der Waals surface area contributed by atoms with Gasteiger partial charge in [-0.2, -0.15) is 0 Å². The van der Waals surface area contributed by atoms with Crippen molar-refractivity contribution in [3.05, 3.63) is 41.5 Å². The van der Waals surface area contributed by atoms with Gasteiger partial charge in [0.1, 0.15) is 0 Å². The molecule has 3 N–H and O–H groups in total. The fourth-order valence-electron chi connectivity index (χ4n) is 2.44. The number of nitrogens with two attached hydrogens (primary N) is 1. The minimum Gasteiger partial charge on any atom is -0.388 e. The van der Waals surface area contributed by atoms with Crippen LogP contribution in [-0.2, 0) is 4.79 Å². The van der Waals surface area contributed by atoms with Gasteiger partial charge in [-0.05, 0) is 43.5 Å². The van der Waals surface area contributed by atoms with Crippen LogP contribution >= 0.6 is 0 Å². The zero-order chi connectivity index (χ0) is 15.5. The molecule has 0 saturated carbocycles. The Morgan fingerprint density at radius 2 is 2.00 bits per heavy atom. The molecule has 1 atom stereocenters. The summed E-state index contributed by atoms with van der Waals surface area (Å²) < 4.78 is 0. The van der Waals surface area contributed by atoms with Gasteiger partial charge in [-0.3, -0.25) is 9.59 Å². The Kier molecular flexibility index (Phi) is 4.43. The molecule has 1 heterocycles. The number of nitrogens with zero attached hydrogens (tertiary/aromatic N) is 1. The summed E-state index contributed by atoms with van der Waals surface area (Å²) >= 11 is 0. The lowest BCUT2D eigenvalue weighted by Crippen LogP contribution is -2.48. The van der Waals surface area contributed by atoms with Gasteiger partial charge in [-0.15, -0.1) is 0 Å². The van der Waals surface area contributed by atoms with Crippen molar-refractivity contribution in [2.24, 2.45) is 5.73 Å². The minimum absolute atomic E-state index is 0.117. The van der Waals surface area contributed by atoms with Crippen LogP contribution in [0.1, 0.15) is 35.7 Å². The lowest BCUT2D eigenvalue weighted by atomic mass is 9.95. The Morgan fingerprint density at radius 3 is 2.57 bits per heavy atom. The topological polar surface area (TPSA) is 83.6 Å². The van der Waals surface area contributed by atoms with Crippen molar-refractivity contribution in [3.63, 3.8) is 0 Å². The van der Waals surface area contributed by atoms with E-state index in [4.69, 9.17) is 5.73 Å². The Bertz CT molecular complexity index is 561. The summed E-state index contributed by atoms with van der Waals surface area (Å²) in [7, 11) is 0. The maximum Gasteiger partial charge on any atom is 0.248 e. The predicted octanol–water partition coefficient (Wildman–Crippen LogP) is 1.17. The van der Waals surface area contributed by atoms with Gasteiger partial charge in [0.2, 0.25) is 11.8 Å². The number of aliphatic hydroxyl groups is 1. The highest BCUT2D eigenvalue weighted by molar-refractivity contribution is 5.94. The van der Waals surface area contributed by atoms with Crippen molar-refractivity contribution in [3.8, 4) is 0 Å². The molecule has 2 amide bonds. The van der Waals surface area contributed by atoms with E-state index in [2.05, 4.69) is 0 Å². The van der Waals surface area contributed by atoms with Gasteiger partial charge < -0.3 is 15.7 Å². The van der Waals surface area contributed by atoms with Gasteiger partial charge in [-0.25, -0.2) is 0 Å². The molecular weight excluding hydrogens is 268 g/mol. The quantitative estimate of drug-likeness (QED) is 0.819. The number of rotatable bonds is 3. The Balaban J connectivity index is 2.00. The van der Waals surface area contributed by atoms with E-state index < -0.39 is 11.5 Å². The molecule has 1 saturated heterocycles. The van der Waals surface area contributed by atoms with Gasteiger partial charge >= 0.3 is 0 Å². The number of amides is 2. The van der Waals surface area contributed by atoms with Crippen LogP contribution in [0.15, 0.2) is 30.3 Å². The van der Waals surface area contributed by atoms with E-state index in [1.165, 1.54) is 6.08 Å². The molecule has 1 aromatic rings. The second-order valence-electron chi connectivity index (χ2n) is 5.68. The molecule has 2 rings (SSSR count). The summed E-state index contributed by atoms with van der Waals surface area (Å²) in [5.74, 6) is -0.592. The first-order chi connectivity index (χ1) is 9.87. The van der Waals surface area contributed by atoms with E-state index in [1.807, 2.05) is 0 Å². The molecule has 1 aromatic carbocycles. The van der Waals surface area contributed by atoms with Gasteiger partial charge in [0.05, 0.1) is 5.60 Å². The van der Waals surface area contributed by atoms with Crippen molar-refractivity contribution in [2.45, 2.75) is 25.4 Å². The molecule has 5 heteroatoms. The van der Waals surface area contributed by atoms with Gasteiger partial charge in [0.25, 0.3) is 0 Å². The Morgan fingerprint density at radius 1 is 1.33 bits per heavy atom. The number of benzene rings is 1. The van der Waals surface area contributed by atoms with E-state index in [9.17, 15) is 14.7 Å². The first-order valence-electron chi connectivity index (χ1n) is 6.97.